The van der Waals surface area contributed by atoms with Gasteiger partial charge in [-0.15, -0.1) is 0 Å². The molecule has 2 N–H and O–H groups in total. The van der Waals surface area contributed by atoms with Crippen molar-refractivity contribution in [2.24, 2.45) is 0 Å². The number of benzene rings is 2. The molecule has 1 aliphatic heterocycles. The first-order valence-corrected chi connectivity index (χ1v) is 10.6. The number of fused-ring (bicyclic) bond motifs is 3. The van der Waals surface area contributed by atoms with Gasteiger partial charge in [0, 0.05) is 34.6 Å². The molecule has 3 aromatic rings. The van der Waals surface area contributed by atoms with Gasteiger partial charge in [-0.1, -0.05) is 38.5 Å². The van der Waals surface area contributed by atoms with Gasteiger partial charge in [0.1, 0.15) is 5.82 Å². The Balaban J connectivity index is 1.95. The van der Waals surface area contributed by atoms with Crippen LogP contribution in [0, 0.1) is 5.82 Å². The first-order chi connectivity index (χ1) is 15.0. The van der Waals surface area contributed by atoms with Gasteiger partial charge in [-0.05, 0) is 48.7 Å². The van der Waals surface area contributed by atoms with Crippen molar-refractivity contribution in [3.8, 4) is 0 Å². The molecule has 0 saturated carbocycles. The standard InChI is InChI=1S/C25H25FN2O3/c1-3-7-18-21(4-2)28(24(29)15-10-12-16(26)13-11-15)14-19(25(30)31)23-22(18)17-8-5-6-9-20(17)27-23/h5-6,8-14,18,21,27H,3-4,7H2,1-2H3,(H,30,31). The van der Waals surface area contributed by atoms with E-state index in [1.54, 1.807) is 4.90 Å². The fraction of sp³-hybridized carbons (Fsp3) is 0.280. The van der Waals surface area contributed by atoms with E-state index in [4.69, 9.17) is 0 Å². The van der Waals surface area contributed by atoms with E-state index in [-0.39, 0.29) is 23.4 Å². The summed E-state index contributed by atoms with van der Waals surface area (Å²) in [7, 11) is 0. The lowest BCUT2D eigenvalue weighted by Crippen LogP contribution is -2.39. The van der Waals surface area contributed by atoms with Crippen molar-refractivity contribution in [3.63, 3.8) is 0 Å². The number of H-pyrrole nitrogens is 1. The highest BCUT2D eigenvalue weighted by Gasteiger charge is 2.38. The zero-order valence-electron chi connectivity index (χ0n) is 17.6. The second-order valence-corrected chi connectivity index (χ2v) is 7.90. The molecule has 31 heavy (non-hydrogen) atoms. The second-order valence-electron chi connectivity index (χ2n) is 7.90. The molecule has 0 spiro atoms. The zero-order chi connectivity index (χ0) is 22.1. The van der Waals surface area contributed by atoms with Crippen LogP contribution in [0.1, 0.15) is 60.6 Å². The molecular formula is C25H25FN2O3. The van der Waals surface area contributed by atoms with Crippen LogP contribution in [0.3, 0.4) is 0 Å². The zero-order valence-corrected chi connectivity index (χ0v) is 17.6. The molecule has 0 radical (unpaired) electrons. The molecule has 0 bridgehead atoms. The van der Waals surface area contributed by atoms with Crippen LogP contribution in [0.25, 0.3) is 16.5 Å². The minimum absolute atomic E-state index is 0.0429. The minimum Gasteiger partial charge on any atom is -0.478 e. The summed E-state index contributed by atoms with van der Waals surface area (Å²) < 4.78 is 13.4. The highest BCUT2D eigenvalue weighted by atomic mass is 19.1. The van der Waals surface area contributed by atoms with Crippen LogP contribution in [-0.4, -0.2) is 32.9 Å². The number of carbonyl (C=O) groups is 2. The molecule has 2 atom stereocenters. The number of hydrogen-bond acceptors (Lipinski definition) is 2. The lowest BCUT2D eigenvalue weighted by molar-refractivity contribution is -0.130. The van der Waals surface area contributed by atoms with Gasteiger partial charge >= 0.3 is 5.97 Å². The Morgan fingerprint density at radius 1 is 1.10 bits per heavy atom. The molecule has 5 nitrogen and oxygen atoms in total. The molecule has 2 unspecified atom stereocenters. The van der Waals surface area contributed by atoms with Crippen molar-refractivity contribution in [1.29, 1.82) is 0 Å². The van der Waals surface area contributed by atoms with E-state index in [2.05, 4.69) is 11.9 Å². The third-order valence-electron chi connectivity index (χ3n) is 6.05. The summed E-state index contributed by atoms with van der Waals surface area (Å²) in [4.78, 5) is 30.6. The second kappa shape index (κ2) is 8.38. The normalized spacial score (nSPS) is 18.4. The molecule has 1 aliphatic rings. The molecule has 2 heterocycles. The maximum absolute atomic E-state index is 13.4. The summed E-state index contributed by atoms with van der Waals surface area (Å²) in [5.74, 6) is -1.90. The highest BCUT2D eigenvalue weighted by Crippen LogP contribution is 2.42. The Kier molecular flexibility index (Phi) is 5.63. The Bertz CT molecular complexity index is 1160. The lowest BCUT2D eigenvalue weighted by atomic mass is 9.83. The van der Waals surface area contributed by atoms with E-state index >= 15 is 0 Å². The van der Waals surface area contributed by atoms with Crippen LogP contribution in [0.4, 0.5) is 4.39 Å². The number of aliphatic carboxylic acids is 1. The number of aromatic amines is 1. The SMILES string of the molecule is CCCC1c2c([nH]c3ccccc23)C(C(=O)O)=CN(C(=O)c2ccc(F)cc2)C1CC. The number of nitrogens with one attached hydrogen (secondary N) is 1. The number of rotatable bonds is 5. The Morgan fingerprint density at radius 3 is 2.45 bits per heavy atom. The van der Waals surface area contributed by atoms with Gasteiger partial charge in [-0.2, -0.15) is 0 Å². The van der Waals surface area contributed by atoms with Crippen LogP contribution in [0.15, 0.2) is 54.7 Å². The van der Waals surface area contributed by atoms with E-state index < -0.39 is 11.8 Å². The summed E-state index contributed by atoms with van der Waals surface area (Å²) >= 11 is 0. The maximum atomic E-state index is 13.4. The van der Waals surface area contributed by atoms with Gasteiger partial charge in [0.25, 0.3) is 5.91 Å². The van der Waals surface area contributed by atoms with Crippen molar-refractivity contribution in [1.82, 2.24) is 9.88 Å². The largest absolute Gasteiger partial charge is 0.478 e. The van der Waals surface area contributed by atoms with Crippen LogP contribution in [-0.2, 0) is 4.79 Å². The number of para-hydroxylation sites is 1. The van der Waals surface area contributed by atoms with Crippen LogP contribution in [0.2, 0.25) is 0 Å². The molecule has 0 saturated heterocycles. The number of aromatic nitrogens is 1. The quantitative estimate of drug-likeness (QED) is 0.568. The van der Waals surface area contributed by atoms with Gasteiger partial charge < -0.3 is 15.0 Å². The predicted octanol–water partition coefficient (Wildman–Crippen LogP) is 5.55. The fourth-order valence-corrected chi connectivity index (χ4v) is 4.69. The van der Waals surface area contributed by atoms with Gasteiger partial charge in [0.2, 0.25) is 0 Å². The molecule has 160 valence electrons. The average molecular weight is 420 g/mol. The summed E-state index contributed by atoms with van der Waals surface area (Å²) in [6.07, 6.45) is 3.80. The minimum atomic E-state index is -1.10. The first kappa shape index (κ1) is 20.8. The number of halogens is 1. The number of carboxylic acids is 1. The van der Waals surface area contributed by atoms with Crippen molar-refractivity contribution < 1.29 is 19.1 Å². The van der Waals surface area contributed by atoms with Crippen LogP contribution in [0.5, 0.6) is 0 Å². The smallest absolute Gasteiger partial charge is 0.339 e. The monoisotopic (exact) mass is 420 g/mol. The van der Waals surface area contributed by atoms with Crippen molar-refractivity contribution in [2.45, 2.75) is 45.1 Å². The van der Waals surface area contributed by atoms with Crippen LogP contribution < -0.4 is 0 Å². The van der Waals surface area contributed by atoms with E-state index in [1.807, 2.05) is 31.2 Å². The Labute approximate surface area is 180 Å². The summed E-state index contributed by atoms with van der Waals surface area (Å²) in [6.45, 7) is 4.09. The van der Waals surface area contributed by atoms with Crippen LogP contribution >= 0.6 is 0 Å². The molecule has 2 aromatic carbocycles. The third-order valence-corrected chi connectivity index (χ3v) is 6.05. The molecular weight excluding hydrogens is 395 g/mol. The van der Waals surface area contributed by atoms with Crippen molar-refractivity contribution in [2.75, 3.05) is 0 Å². The number of hydrogen-bond donors (Lipinski definition) is 2. The van der Waals surface area contributed by atoms with Gasteiger partial charge in [-0.3, -0.25) is 4.79 Å². The molecule has 0 aliphatic carbocycles. The maximum Gasteiger partial charge on any atom is 0.339 e. The molecule has 1 amide bonds. The summed E-state index contributed by atoms with van der Waals surface area (Å²) in [5, 5.41) is 11.0. The predicted molar refractivity (Wildman–Crippen MR) is 118 cm³/mol. The topological polar surface area (TPSA) is 73.4 Å². The van der Waals surface area contributed by atoms with Crippen molar-refractivity contribution >= 4 is 28.4 Å². The Hall–Kier alpha value is -3.41. The number of nitrogens with zero attached hydrogens (tertiary/aromatic N) is 1. The lowest BCUT2D eigenvalue weighted by Gasteiger charge is -2.33. The summed E-state index contributed by atoms with van der Waals surface area (Å²) in [6, 6.07) is 12.9. The van der Waals surface area contributed by atoms with Gasteiger partial charge in [-0.25, -0.2) is 9.18 Å². The number of amides is 1. The average Bonchev–Trinajstić information content (AvgIpc) is 3.07. The first-order valence-electron chi connectivity index (χ1n) is 10.6. The van der Waals surface area contributed by atoms with Crippen molar-refractivity contribution in [3.05, 3.63) is 77.4 Å². The fourth-order valence-electron chi connectivity index (χ4n) is 4.69. The van der Waals surface area contributed by atoms with E-state index in [0.717, 1.165) is 29.3 Å². The number of carbonyl (C=O) groups excluding carboxylic acids is 1. The summed E-state index contributed by atoms with van der Waals surface area (Å²) in [5.41, 5.74) is 2.77. The molecule has 1 aromatic heterocycles. The van der Waals surface area contributed by atoms with Gasteiger partial charge in [0.05, 0.1) is 11.3 Å². The molecule has 4 rings (SSSR count). The van der Waals surface area contributed by atoms with E-state index in [1.165, 1.54) is 30.5 Å². The molecule has 6 heteroatoms. The molecule has 0 fully saturated rings. The Morgan fingerprint density at radius 2 is 1.81 bits per heavy atom. The third kappa shape index (κ3) is 3.63. The van der Waals surface area contributed by atoms with Gasteiger partial charge in [0.15, 0.2) is 0 Å². The van der Waals surface area contributed by atoms with E-state index in [0.29, 0.717) is 17.7 Å². The number of carboxylic acid groups (broad SMARTS) is 1. The highest BCUT2D eigenvalue weighted by molar-refractivity contribution is 6.17. The van der Waals surface area contributed by atoms with E-state index in [9.17, 15) is 19.1 Å².